The predicted molar refractivity (Wildman–Crippen MR) is 76.5 cm³/mol. The van der Waals surface area contributed by atoms with E-state index in [1.807, 2.05) is 12.3 Å². The molecule has 110 valence electrons. The van der Waals surface area contributed by atoms with Gasteiger partial charge < -0.3 is 9.64 Å². The summed E-state index contributed by atoms with van der Waals surface area (Å²) in [5.74, 6) is -0.316. The van der Waals surface area contributed by atoms with Crippen molar-refractivity contribution in [2.24, 2.45) is 5.92 Å². The van der Waals surface area contributed by atoms with E-state index in [1.54, 1.807) is 23.2 Å². The highest BCUT2D eigenvalue weighted by Crippen LogP contribution is 2.19. The quantitative estimate of drug-likeness (QED) is 0.795. The van der Waals surface area contributed by atoms with Crippen LogP contribution in [-0.2, 0) is 20.7 Å². The van der Waals surface area contributed by atoms with Crippen molar-refractivity contribution in [2.45, 2.75) is 33.1 Å². The van der Waals surface area contributed by atoms with Crippen LogP contribution in [0.15, 0.2) is 5.38 Å². The van der Waals surface area contributed by atoms with Gasteiger partial charge in [0, 0.05) is 18.5 Å². The Morgan fingerprint density at radius 1 is 1.55 bits per heavy atom. The molecule has 6 heteroatoms. The number of rotatable bonds is 4. The lowest BCUT2D eigenvalue weighted by atomic mass is 9.98. The van der Waals surface area contributed by atoms with Gasteiger partial charge in [0.05, 0.1) is 29.6 Å². The molecule has 1 unspecified atom stereocenters. The molecule has 0 aliphatic carbocycles. The van der Waals surface area contributed by atoms with Crippen LogP contribution in [0.2, 0.25) is 0 Å². The van der Waals surface area contributed by atoms with E-state index in [0.717, 1.165) is 30.1 Å². The fraction of sp³-hybridized carbons (Fsp3) is 0.643. The van der Waals surface area contributed by atoms with Gasteiger partial charge in [0.15, 0.2) is 0 Å². The molecule has 2 heterocycles. The smallest absolute Gasteiger partial charge is 0.310 e. The Balaban J connectivity index is 1.91. The molecule has 0 bridgehead atoms. The number of thiazole rings is 1. The van der Waals surface area contributed by atoms with Gasteiger partial charge in [-0.05, 0) is 26.7 Å². The Morgan fingerprint density at radius 2 is 2.35 bits per heavy atom. The van der Waals surface area contributed by atoms with Crippen molar-refractivity contribution in [3.8, 4) is 0 Å². The standard InChI is InChI=1S/C14H20N2O3S/c1-3-19-14(18)11-5-4-6-16(8-11)13(17)7-12-9-20-10(2)15-12/h9,11H,3-8H2,1-2H3. The highest BCUT2D eigenvalue weighted by Gasteiger charge is 2.29. The number of nitrogens with zero attached hydrogens (tertiary/aromatic N) is 2. The minimum atomic E-state index is -0.186. The molecular weight excluding hydrogens is 276 g/mol. The molecular formula is C14H20N2O3S. The molecule has 5 nitrogen and oxygen atoms in total. The monoisotopic (exact) mass is 296 g/mol. The summed E-state index contributed by atoms with van der Waals surface area (Å²) >= 11 is 1.55. The van der Waals surface area contributed by atoms with Crippen molar-refractivity contribution < 1.29 is 14.3 Å². The Hall–Kier alpha value is -1.43. The second kappa shape index (κ2) is 6.83. The molecule has 0 saturated carbocycles. The molecule has 1 amide bonds. The first-order valence-corrected chi connectivity index (χ1v) is 7.83. The third kappa shape index (κ3) is 3.79. The van der Waals surface area contributed by atoms with Gasteiger partial charge in [0.25, 0.3) is 0 Å². The van der Waals surface area contributed by atoms with Crippen LogP contribution in [0.25, 0.3) is 0 Å². The van der Waals surface area contributed by atoms with Crippen LogP contribution in [0.5, 0.6) is 0 Å². The molecule has 2 rings (SSSR count). The van der Waals surface area contributed by atoms with E-state index in [2.05, 4.69) is 4.98 Å². The number of likely N-dealkylation sites (tertiary alicyclic amines) is 1. The van der Waals surface area contributed by atoms with E-state index in [0.29, 0.717) is 19.6 Å². The Morgan fingerprint density at radius 3 is 3.00 bits per heavy atom. The number of carbonyl (C=O) groups excluding carboxylic acids is 2. The average Bonchev–Trinajstić information content (AvgIpc) is 2.84. The molecule has 0 spiro atoms. The molecule has 1 saturated heterocycles. The fourth-order valence-electron chi connectivity index (χ4n) is 2.41. The maximum atomic E-state index is 12.2. The summed E-state index contributed by atoms with van der Waals surface area (Å²) in [5.41, 5.74) is 0.816. The number of ether oxygens (including phenoxy) is 1. The van der Waals surface area contributed by atoms with Crippen molar-refractivity contribution in [3.05, 3.63) is 16.1 Å². The summed E-state index contributed by atoms with van der Waals surface area (Å²) in [5, 5.41) is 2.89. The highest BCUT2D eigenvalue weighted by atomic mass is 32.1. The molecule has 1 atom stereocenters. The molecule has 0 aromatic carbocycles. The Bertz CT molecular complexity index is 487. The van der Waals surface area contributed by atoms with E-state index in [1.165, 1.54) is 0 Å². The van der Waals surface area contributed by atoms with E-state index in [9.17, 15) is 9.59 Å². The van der Waals surface area contributed by atoms with Gasteiger partial charge in [-0.2, -0.15) is 0 Å². The van der Waals surface area contributed by atoms with Crippen molar-refractivity contribution >= 4 is 23.2 Å². The zero-order valence-corrected chi connectivity index (χ0v) is 12.7. The lowest BCUT2D eigenvalue weighted by molar-refractivity contribution is -0.151. The summed E-state index contributed by atoms with van der Waals surface area (Å²) in [6, 6.07) is 0. The molecule has 1 aromatic heterocycles. The molecule has 1 aromatic rings. The van der Waals surface area contributed by atoms with Crippen LogP contribution < -0.4 is 0 Å². The summed E-state index contributed by atoms with van der Waals surface area (Å²) in [6.45, 7) is 5.31. The highest BCUT2D eigenvalue weighted by molar-refractivity contribution is 7.09. The number of aryl methyl sites for hydroxylation is 1. The van der Waals surface area contributed by atoms with Crippen LogP contribution in [-0.4, -0.2) is 41.5 Å². The minimum absolute atomic E-state index is 0.0456. The molecule has 1 fully saturated rings. The van der Waals surface area contributed by atoms with Gasteiger partial charge in [-0.3, -0.25) is 9.59 Å². The van der Waals surface area contributed by atoms with Crippen molar-refractivity contribution in [2.75, 3.05) is 19.7 Å². The van der Waals surface area contributed by atoms with Crippen molar-refractivity contribution in [1.29, 1.82) is 0 Å². The SMILES string of the molecule is CCOC(=O)C1CCCN(C(=O)Cc2csc(C)n2)C1. The topological polar surface area (TPSA) is 59.5 Å². The molecule has 0 N–H and O–H groups in total. The van der Waals surface area contributed by atoms with Gasteiger partial charge in [-0.1, -0.05) is 0 Å². The Kier molecular flexibility index (Phi) is 5.11. The largest absolute Gasteiger partial charge is 0.466 e. The normalized spacial score (nSPS) is 18.9. The van der Waals surface area contributed by atoms with Gasteiger partial charge in [0.1, 0.15) is 0 Å². The molecule has 20 heavy (non-hydrogen) atoms. The van der Waals surface area contributed by atoms with Crippen LogP contribution in [0.1, 0.15) is 30.5 Å². The van der Waals surface area contributed by atoms with Crippen molar-refractivity contribution in [1.82, 2.24) is 9.88 Å². The number of hydrogen-bond acceptors (Lipinski definition) is 5. The molecule has 1 aliphatic rings. The molecule has 0 radical (unpaired) electrons. The number of hydrogen-bond donors (Lipinski definition) is 0. The first-order chi connectivity index (χ1) is 9.60. The first kappa shape index (κ1) is 15.0. The summed E-state index contributed by atoms with van der Waals surface area (Å²) in [7, 11) is 0. The number of piperidine rings is 1. The van der Waals surface area contributed by atoms with Gasteiger partial charge in [0.2, 0.25) is 5.91 Å². The van der Waals surface area contributed by atoms with E-state index in [4.69, 9.17) is 4.74 Å². The molecule has 1 aliphatic heterocycles. The van der Waals surface area contributed by atoms with Gasteiger partial charge >= 0.3 is 5.97 Å². The summed E-state index contributed by atoms with van der Waals surface area (Å²) in [6.07, 6.45) is 1.98. The van der Waals surface area contributed by atoms with E-state index < -0.39 is 0 Å². The van der Waals surface area contributed by atoms with Crippen LogP contribution in [0, 0.1) is 12.8 Å². The van der Waals surface area contributed by atoms with Crippen LogP contribution in [0.4, 0.5) is 0 Å². The average molecular weight is 296 g/mol. The first-order valence-electron chi connectivity index (χ1n) is 6.95. The van der Waals surface area contributed by atoms with E-state index in [-0.39, 0.29) is 17.8 Å². The van der Waals surface area contributed by atoms with Gasteiger partial charge in [-0.25, -0.2) is 4.98 Å². The van der Waals surface area contributed by atoms with Gasteiger partial charge in [-0.15, -0.1) is 11.3 Å². The summed E-state index contributed by atoms with van der Waals surface area (Å²) in [4.78, 5) is 30.1. The van der Waals surface area contributed by atoms with E-state index >= 15 is 0 Å². The third-order valence-corrected chi connectivity index (χ3v) is 4.22. The number of esters is 1. The van der Waals surface area contributed by atoms with Crippen molar-refractivity contribution in [3.63, 3.8) is 0 Å². The number of carbonyl (C=O) groups is 2. The maximum Gasteiger partial charge on any atom is 0.310 e. The number of aromatic nitrogens is 1. The maximum absolute atomic E-state index is 12.2. The zero-order chi connectivity index (χ0) is 14.5. The third-order valence-electron chi connectivity index (χ3n) is 3.39. The van der Waals surface area contributed by atoms with Crippen LogP contribution in [0.3, 0.4) is 0 Å². The fourth-order valence-corrected chi connectivity index (χ4v) is 3.02. The lowest BCUT2D eigenvalue weighted by Crippen LogP contribution is -2.43. The number of amides is 1. The predicted octanol–water partition coefficient (Wildman–Crippen LogP) is 1.80. The second-order valence-electron chi connectivity index (χ2n) is 4.97. The lowest BCUT2D eigenvalue weighted by Gasteiger charge is -2.31. The minimum Gasteiger partial charge on any atom is -0.466 e. The second-order valence-corrected chi connectivity index (χ2v) is 6.03. The zero-order valence-electron chi connectivity index (χ0n) is 11.9. The Labute approximate surface area is 122 Å². The van der Waals surface area contributed by atoms with Crippen LogP contribution >= 0.6 is 11.3 Å². The summed E-state index contributed by atoms with van der Waals surface area (Å²) < 4.78 is 5.04.